The molecule has 2 rings (SSSR count). The van der Waals surface area contributed by atoms with Crippen molar-refractivity contribution in [2.75, 3.05) is 25.7 Å². The van der Waals surface area contributed by atoms with Gasteiger partial charge in [-0.15, -0.1) is 0 Å². The molecule has 0 fully saturated rings. The Kier molecular flexibility index (Phi) is 16.9. The number of benzene rings is 1. The van der Waals surface area contributed by atoms with Crippen LogP contribution in [0.2, 0.25) is 0 Å². The zero-order chi connectivity index (χ0) is 22.1. The van der Waals surface area contributed by atoms with Crippen LogP contribution in [-0.4, -0.2) is 42.6 Å². The topological polar surface area (TPSA) is 84.3 Å². The lowest BCUT2D eigenvalue weighted by molar-refractivity contribution is -0.0979. The van der Waals surface area contributed by atoms with E-state index < -0.39 is 0 Å². The van der Waals surface area contributed by atoms with Crippen molar-refractivity contribution < 1.29 is 4.79 Å². The van der Waals surface area contributed by atoms with E-state index in [1.807, 2.05) is 67.0 Å². The number of H-pyrrole nitrogens is 1. The number of aromatic amines is 1. The average Bonchev–Trinajstić information content (AvgIpc) is 3.17. The van der Waals surface area contributed by atoms with E-state index in [0.29, 0.717) is 5.56 Å². The summed E-state index contributed by atoms with van der Waals surface area (Å²) in [5, 5.41) is 13.0. The van der Waals surface area contributed by atoms with Crippen LogP contribution in [0.5, 0.6) is 0 Å². The van der Waals surface area contributed by atoms with E-state index in [1.165, 1.54) is 0 Å². The van der Waals surface area contributed by atoms with E-state index >= 15 is 0 Å². The fraction of sp³-hybridized carbons (Fsp3) is 0.350. The normalized spacial score (nSPS) is 9.75. The molecule has 8 heteroatoms. The molecule has 154 valence electrons. The highest BCUT2D eigenvalue weighted by Gasteiger charge is 2.08. The summed E-state index contributed by atoms with van der Waals surface area (Å²) in [6, 6.07) is 6.21. The first-order valence-corrected chi connectivity index (χ1v) is 10.5. The summed E-state index contributed by atoms with van der Waals surface area (Å²) in [6.45, 7) is 13.4. The molecule has 0 saturated heterocycles. The van der Waals surface area contributed by atoms with Gasteiger partial charge in [0.25, 0.3) is 0 Å². The van der Waals surface area contributed by atoms with Crippen LogP contribution >= 0.6 is 23.9 Å². The number of nitriles is 1. The molecule has 0 aliphatic carbocycles. The number of aryl methyl sites for hydroxylation is 1. The molecule has 6 nitrogen and oxygen atoms in total. The van der Waals surface area contributed by atoms with Gasteiger partial charge in [-0.1, -0.05) is 31.9 Å². The Labute approximate surface area is 177 Å². The molecule has 0 unspecified atom stereocenters. The SMILES string of the molecule is C=N/C=C(/C)SN(C)SC.C=O.CC.CNc1ccc(C)c2c(C#N)c[nH]c12. The fourth-order valence-electron chi connectivity index (χ4n) is 2.11. The Morgan fingerprint density at radius 1 is 1.39 bits per heavy atom. The van der Waals surface area contributed by atoms with Crippen molar-refractivity contribution in [3.05, 3.63) is 40.6 Å². The molecule has 28 heavy (non-hydrogen) atoms. The molecular weight excluding hydrogens is 390 g/mol. The molecule has 0 aliphatic heterocycles. The minimum Gasteiger partial charge on any atom is -0.386 e. The van der Waals surface area contributed by atoms with Crippen molar-refractivity contribution in [1.82, 2.24) is 8.69 Å². The number of aliphatic imine (C=N–C) groups is 1. The highest BCUT2D eigenvalue weighted by atomic mass is 32.2. The van der Waals surface area contributed by atoms with Crippen molar-refractivity contribution in [1.29, 1.82) is 5.26 Å². The van der Waals surface area contributed by atoms with E-state index in [4.69, 9.17) is 10.1 Å². The van der Waals surface area contributed by atoms with Crippen LogP contribution in [-0.2, 0) is 4.79 Å². The predicted octanol–water partition coefficient (Wildman–Crippen LogP) is 5.64. The minimum atomic E-state index is 0.703. The van der Waals surface area contributed by atoms with Crippen LogP contribution in [0.4, 0.5) is 5.69 Å². The summed E-state index contributed by atoms with van der Waals surface area (Å²) in [4.78, 5) is 15.9. The van der Waals surface area contributed by atoms with E-state index in [1.54, 1.807) is 36.3 Å². The summed E-state index contributed by atoms with van der Waals surface area (Å²) in [7, 11) is 3.88. The third-order valence-electron chi connectivity index (χ3n) is 3.24. The molecule has 0 bridgehead atoms. The Hall–Kier alpha value is -2.21. The smallest absolute Gasteiger partial charge is 0.106 e. The fourth-order valence-corrected chi connectivity index (χ4v) is 3.29. The van der Waals surface area contributed by atoms with Gasteiger partial charge < -0.3 is 15.1 Å². The quantitative estimate of drug-likeness (QED) is 0.480. The van der Waals surface area contributed by atoms with E-state index in [0.717, 1.165) is 27.1 Å². The molecular formula is C20H31N5OS2. The van der Waals surface area contributed by atoms with Gasteiger partial charge in [-0.3, -0.25) is 4.99 Å². The third-order valence-corrected chi connectivity index (χ3v) is 5.07. The maximum absolute atomic E-state index is 8.92. The first kappa shape index (κ1) is 28.0. The summed E-state index contributed by atoms with van der Waals surface area (Å²) >= 11 is 3.32. The Bertz CT molecular complexity index is 781. The Balaban J connectivity index is 0. The second-order valence-corrected chi connectivity index (χ2v) is 7.40. The summed E-state index contributed by atoms with van der Waals surface area (Å²) in [5.74, 6) is 0. The Morgan fingerprint density at radius 2 is 2.00 bits per heavy atom. The monoisotopic (exact) mass is 421 g/mol. The molecule has 0 radical (unpaired) electrons. The number of rotatable bonds is 5. The third kappa shape index (κ3) is 9.13. The van der Waals surface area contributed by atoms with Gasteiger partial charge in [0.05, 0.1) is 16.8 Å². The molecule has 1 aromatic carbocycles. The van der Waals surface area contributed by atoms with Crippen LogP contribution in [0.15, 0.2) is 34.4 Å². The molecule has 2 N–H and O–H groups in total. The maximum Gasteiger partial charge on any atom is 0.106 e. The molecule has 0 aliphatic rings. The number of aromatic nitrogens is 1. The van der Waals surface area contributed by atoms with Gasteiger partial charge in [-0.05, 0) is 50.4 Å². The number of hydrogen-bond acceptors (Lipinski definition) is 7. The number of anilines is 1. The van der Waals surface area contributed by atoms with Crippen LogP contribution in [0, 0.1) is 18.3 Å². The van der Waals surface area contributed by atoms with Crippen molar-refractivity contribution in [3.8, 4) is 6.07 Å². The first-order valence-electron chi connectivity index (χ1n) is 8.54. The molecule has 0 amide bonds. The van der Waals surface area contributed by atoms with Crippen molar-refractivity contribution >= 4 is 54.0 Å². The number of nitrogens with zero attached hydrogens (tertiary/aromatic N) is 3. The van der Waals surface area contributed by atoms with Crippen LogP contribution in [0.1, 0.15) is 31.9 Å². The summed E-state index contributed by atoms with van der Waals surface area (Å²) in [5.41, 5.74) is 3.85. The molecule has 0 spiro atoms. The van der Waals surface area contributed by atoms with Crippen LogP contribution < -0.4 is 5.32 Å². The lowest BCUT2D eigenvalue weighted by Crippen LogP contribution is -1.94. The molecule has 1 aromatic heterocycles. The molecule has 0 saturated carbocycles. The van der Waals surface area contributed by atoms with Gasteiger partial charge in [0, 0.05) is 36.8 Å². The van der Waals surface area contributed by atoms with Crippen molar-refractivity contribution in [3.63, 3.8) is 0 Å². The highest BCUT2D eigenvalue weighted by Crippen LogP contribution is 2.27. The van der Waals surface area contributed by atoms with Gasteiger partial charge in [-0.2, -0.15) is 8.97 Å². The number of hydrogen-bond donors (Lipinski definition) is 2. The number of carbonyl (C=O) groups is 1. The van der Waals surface area contributed by atoms with Gasteiger partial charge in [0.15, 0.2) is 0 Å². The van der Waals surface area contributed by atoms with Crippen LogP contribution in [0.25, 0.3) is 10.9 Å². The van der Waals surface area contributed by atoms with E-state index in [2.05, 4.69) is 31.8 Å². The first-order chi connectivity index (χ1) is 13.5. The number of fused-ring (bicyclic) bond motifs is 1. The van der Waals surface area contributed by atoms with E-state index in [-0.39, 0.29) is 0 Å². The Morgan fingerprint density at radius 3 is 2.46 bits per heavy atom. The molecule has 2 aromatic rings. The minimum absolute atomic E-state index is 0.703. The lowest BCUT2D eigenvalue weighted by Gasteiger charge is -2.09. The predicted molar refractivity (Wildman–Crippen MR) is 128 cm³/mol. The number of carbonyl (C=O) groups excluding carboxylic acids is 1. The van der Waals surface area contributed by atoms with E-state index in [9.17, 15) is 0 Å². The van der Waals surface area contributed by atoms with Crippen molar-refractivity contribution in [2.24, 2.45) is 4.99 Å². The maximum atomic E-state index is 8.92. The second kappa shape index (κ2) is 16.9. The zero-order valence-electron chi connectivity index (χ0n) is 17.8. The van der Waals surface area contributed by atoms with Crippen LogP contribution in [0.3, 0.4) is 0 Å². The van der Waals surface area contributed by atoms with Gasteiger partial charge in [-0.25, -0.2) is 0 Å². The number of nitrogens with one attached hydrogen (secondary N) is 2. The zero-order valence-corrected chi connectivity index (χ0v) is 19.4. The second-order valence-electron chi connectivity index (χ2n) is 4.88. The molecule has 0 atom stereocenters. The standard InChI is InChI=1S/C11H11N3.C6H12N2S2.C2H6.CH2O/c1-7-3-4-9(13-2)11-10(7)8(5-12)6-14-11;1-6(5-7-2)10-8(3)9-4;2*1-2/h3-4,6,13-14H,1-2H3;5H,2H2,1,3-4H3;1-2H3;1H2/b;6-5-;;. The van der Waals surface area contributed by atoms with Gasteiger partial charge >= 0.3 is 0 Å². The lowest BCUT2D eigenvalue weighted by atomic mass is 10.1. The largest absolute Gasteiger partial charge is 0.386 e. The van der Waals surface area contributed by atoms with Gasteiger partial charge in [0.2, 0.25) is 0 Å². The average molecular weight is 422 g/mol. The summed E-state index contributed by atoms with van der Waals surface area (Å²) < 4.78 is 2.05. The highest BCUT2D eigenvalue weighted by molar-refractivity contribution is 8.13. The van der Waals surface area contributed by atoms with Gasteiger partial charge in [0.1, 0.15) is 12.9 Å². The number of allylic oxidation sites excluding steroid dienone is 1. The molecule has 1 heterocycles. The van der Waals surface area contributed by atoms with Crippen molar-refractivity contribution in [2.45, 2.75) is 27.7 Å². The summed E-state index contributed by atoms with van der Waals surface area (Å²) in [6.07, 6.45) is 5.53.